The highest BCUT2D eigenvalue weighted by molar-refractivity contribution is 7.93. The van der Waals surface area contributed by atoms with Gasteiger partial charge in [-0.05, 0) is 55.7 Å². The van der Waals surface area contributed by atoms with Crippen molar-refractivity contribution in [3.63, 3.8) is 0 Å². The van der Waals surface area contributed by atoms with Gasteiger partial charge in [0.25, 0.3) is 21.8 Å². The second kappa shape index (κ2) is 8.29. The first-order chi connectivity index (χ1) is 16.3. The minimum absolute atomic E-state index is 0.0872. The molecule has 0 aromatic heterocycles. The zero-order valence-corrected chi connectivity index (χ0v) is 19.9. The summed E-state index contributed by atoms with van der Waals surface area (Å²) in [5.41, 5.74) is 3.78. The minimum atomic E-state index is -3.67. The number of nitrogens with zero attached hydrogens (tertiary/aromatic N) is 2. The van der Waals surface area contributed by atoms with E-state index in [0.717, 1.165) is 25.9 Å². The molecule has 0 saturated carbocycles. The first-order valence-electron chi connectivity index (χ1n) is 11.2. The normalized spacial score (nSPS) is 16.1. The number of hydrogen-bond acceptors (Lipinski definition) is 4. The summed E-state index contributed by atoms with van der Waals surface area (Å²) in [4.78, 5) is 28.3. The predicted molar refractivity (Wildman–Crippen MR) is 132 cm³/mol. The number of carbonyl (C=O) groups excluding carboxylic acids is 2. The van der Waals surface area contributed by atoms with Crippen LogP contribution in [0.1, 0.15) is 39.1 Å². The third-order valence-electron chi connectivity index (χ3n) is 6.49. The first-order valence-corrected chi connectivity index (χ1v) is 12.7. The average Bonchev–Trinajstić information content (AvgIpc) is 3.37. The molecule has 1 saturated heterocycles. The van der Waals surface area contributed by atoms with Crippen LogP contribution in [0.15, 0.2) is 65.6 Å². The molecular formula is C26H25N3O4S. The molecule has 2 aliphatic heterocycles. The van der Waals surface area contributed by atoms with E-state index in [1.165, 1.54) is 11.4 Å². The van der Waals surface area contributed by atoms with E-state index in [4.69, 9.17) is 0 Å². The Kier molecular flexibility index (Phi) is 5.40. The maximum absolute atomic E-state index is 13.3. The van der Waals surface area contributed by atoms with Crippen LogP contribution < -0.4 is 9.62 Å². The number of aryl methyl sites for hydroxylation is 1. The fourth-order valence-electron chi connectivity index (χ4n) is 4.78. The molecule has 7 nitrogen and oxygen atoms in total. The fraction of sp³-hybridized carbons (Fsp3) is 0.231. The lowest BCUT2D eigenvalue weighted by Gasteiger charge is -2.31. The highest BCUT2D eigenvalue weighted by atomic mass is 32.2. The number of sulfonamides is 1. The Labute approximate surface area is 199 Å². The summed E-state index contributed by atoms with van der Waals surface area (Å²) in [7, 11) is -2.15. The van der Waals surface area contributed by atoms with Gasteiger partial charge in [-0.2, -0.15) is 0 Å². The van der Waals surface area contributed by atoms with Crippen molar-refractivity contribution in [1.29, 1.82) is 0 Å². The zero-order chi connectivity index (χ0) is 24.0. The first kappa shape index (κ1) is 22.2. The van der Waals surface area contributed by atoms with Crippen molar-refractivity contribution >= 4 is 33.2 Å². The van der Waals surface area contributed by atoms with E-state index in [2.05, 4.69) is 5.32 Å². The van der Waals surface area contributed by atoms with Gasteiger partial charge in [0.05, 0.1) is 21.8 Å². The molecule has 3 aromatic carbocycles. The molecule has 174 valence electrons. The molecule has 1 N–H and O–H groups in total. The Balaban J connectivity index is 1.53. The maximum Gasteiger partial charge on any atom is 0.264 e. The number of anilines is 2. The van der Waals surface area contributed by atoms with Crippen LogP contribution in [0.3, 0.4) is 0 Å². The Morgan fingerprint density at radius 3 is 2.35 bits per heavy atom. The van der Waals surface area contributed by atoms with Crippen molar-refractivity contribution in [1.82, 2.24) is 4.90 Å². The topological polar surface area (TPSA) is 86.8 Å². The van der Waals surface area contributed by atoms with Gasteiger partial charge in [-0.15, -0.1) is 0 Å². The molecular weight excluding hydrogens is 450 g/mol. The van der Waals surface area contributed by atoms with Crippen LogP contribution in [0.25, 0.3) is 11.1 Å². The number of fused-ring (bicyclic) bond motifs is 3. The van der Waals surface area contributed by atoms with Crippen LogP contribution in [-0.2, 0) is 10.0 Å². The second-order valence-corrected chi connectivity index (χ2v) is 10.6. The van der Waals surface area contributed by atoms with Gasteiger partial charge in [-0.1, -0.05) is 30.3 Å². The van der Waals surface area contributed by atoms with Gasteiger partial charge in [0, 0.05) is 36.8 Å². The Morgan fingerprint density at radius 1 is 0.912 bits per heavy atom. The molecule has 0 spiro atoms. The quantitative estimate of drug-likeness (QED) is 0.612. The van der Waals surface area contributed by atoms with Crippen LogP contribution in [-0.4, -0.2) is 45.3 Å². The van der Waals surface area contributed by atoms with Crippen molar-refractivity contribution in [2.24, 2.45) is 0 Å². The number of likely N-dealkylation sites (tertiary alicyclic amines) is 1. The summed E-state index contributed by atoms with van der Waals surface area (Å²) in [5.74, 6) is -0.447. The van der Waals surface area contributed by atoms with Gasteiger partial charge < -0.3 is 10.2 Å². The van der Waals surface area contributed by atoms with Crippen molar-refractivity contribution in [3.05, 3.63) is 77.4 Å². The number of rotatable bonds is 3. The van der Waals surface area contributed by atoms with Crippen molar-refractivity contribution in [3.8, 4) is 11.1 Å². The lowest BCUT2D eigenvalue weighted by Crippen LogP contribution is -2.31. The standard InChI is InChI=1S/C26H25N3O4S/c1-17-15-18(16-21-19-9-4-6-12-23(19)34(32,33)28(2)24(17)21)25(30)27-22-11-5-3-10-20(22)26(31)29-13-7-8-14-29/h3-6,9-12,15-16H,7-8,13-14H2,1-2H3,(H,27,30). The van der Waals surface area contributed by atoms with E-state index in [9.17, 15) is 18.0 Å². The smallest absolute Gasteiger partial charge is 0.264 e. The van der Waals surface area contributed by atoms with E-state index in [1.54, 1.807) is 72.5 Å². The molecule has 0 unspecified atom stereocenters. The van der Waals surface area contributed by atoms with Crippen LogP contribution in [0.2, 0.25) is 0 Å². The number of amides is 2. The summed E-state index contributed by atoms with van der Waals surface area (Å²) in [6, 6.07) is 17.2. The zero-order valence-electron chi connectivity index (χ0n) is 19.0. The van der Waals surface area contributed by atoms with Crippen molar-refractivity contribution < 1.29 is 18.0 Å². The van der Waals surface area contributed by atoms with Crippen molar-refractivity contribution in [2.45, 2.75) is 24.7 Å². The van der Waals surface area contributed by atoms with Crippen LogP contribution >= 0.6 is 0 Å². The highest BCUT2D eigenvalue weighted by Crippen LogP contribution is 2.44. The second-order valence-electron chi connectivity index (χ2n) is 8.66. The maximum atomic E-state index is 13.3. The van der Waals surface area contributed by atoms with E-state index < -0.39 is 10.0 Å². The van der Waals surface area contributed by atoms with E-state index in [0.29, 0.717) is 39.2 Å². The van der Waals surface area contributed by atoms with E-state index in [-0.39, 0.29) is 16.7 Å². The van der Waals surface area contributed by atoms with Gasteiger partial charge in [-0.25, -0.2) is 8.42 Å². The molecule has 2 amide bonds. The molecule has 2 heterocycles. The van der Waals surface area contributed by atoms with Gasteiger partial charge in [0.2, 0.25) is 0 Å². The van der Waals surface area contributed by atoms with Gasteiger partial charge >= 0.3 is 0 Å². The SMILES string of the molecule is Cc1cc(C(=O)Nc2ccccc2C(=O)N2CCCC2)cc2c1N(C)S(=O)(=O)c1ccccc1-2. The Morgan fingerprint density at radius 2 is 1.59 bits per heavy atom. The monoisotopic (exact) mass is 475 g/mol. The molecule has 8 heteroatoms. The van der Waals surface area contributed by atoms with Crippen LogP contribution in [0, 0.1) is 6.92 Å². The molecule has 0 radical (unpaired) electrons. The molecule has 34 heavy (non-hydrogen) atoms. The van der Waals surface area contributed by atoms with Crippen molar-refractivity contribution in [2.75, 3.05) is 29.8 Å². The molecule has 5 rings (SSSR count). The summed E-state index contributed by atoms with van der Waals surface area (Å²) in [6.07, 6.45) is 1.97. The van der Waals surface area contributed by atoms with Crippen LogP contribution in [0.4, 0.5) is 11.4 Å². The molecule has 1 fully saturated rings. The molecule has 3 aromatic rings. The Bertz CT molecular complexity index is 1430. The summed E-state index contributed by atoms with van der Waals surface area (Å²) < 4.78 is 27.3. The number of para-hydroxylation sites is 1. The van der Waals surface area contributed by atoms with Crippen LogP contribution in [0.5, 0.6) is 0 Å². The van der Waals surface area contributed by atoms with E-state index >= 15 is 0 Å². The number of nitrogens with one attached hydrogen (secondary N) is 1. The Hall–Kier alpha value is -3.65. The lowest BCUT2D eigenvalue weighted by atomic mass is 9.96. The third-order valence-corrected chi connectivity index (χ3v) is 8.31. The average molecular weight is 476 g/mol. The molecule has 0 atom stereocenters. The summed E-state index contributed by atoms with van der Waals surface area (Å²) >= 11 is 0. The van der Waals surface area contributed by atoms with Gasteiger partial charge in [0.1, 0.15) is 0 Å². The van der Waals surface area contributed by atoms with Gasteiger partial charge in [-0.3, -0.25) is 13.9 Å². The number of hydrogen-bond donors (Lipinski definition) is 1. The van der Waals surface area contributed by atoms with Gasteiger partial charge in [0.15, 0.2) is 0 Å². The molecule has 2 aliphatic rings. The summed E-state index contributed by atoms with van der Waals surface area (Å²) in [6.45, 7) is 3.24. The number of benzene rings is 3. The molecule has 0 aliphatic carbocycles. The largest absolute Gasteiger partial charge is 0.339 e. The van der Waals surface area contributed by atoms with E-state index in [1.807, 2.05) is 0 Å². The molecule has 0 bridgehead atoms. The lowest BCUT2D eigenvalue weighted by molar-refractivity contribution is 0.0794. The fourth-order valence-corrected chi connectivity index (χ4v) is 6.26. The number of carbonyl (C=O) groups is 2. The minimum Gasteiger partial charge on any atom is -0.339 e. The summed E-state index contributed by atoms with van der Waals surface area (Å²) in [5, 5.41) is 2.90. The third kappa shape index (κ3) is 3.54. The highest BCUT2D eigenvalue weighted by Gasteiger charge is 2.34. The predicted octanol–water partition coefficient (Wildman–Crippen LogP) is 4.29.